The normalized spacial score (nSPS) is 16.2. The summed E-state index contributed by atoms with van der Waals surface area (Å²) >= 11 is 0. The van der Waals surface area contributed by atoms with Crippen LogP contribution in [0.15, 0.2) is 24.5 Å². The lowest BCUT2D eigenvalue weighted by Crippen LogP contribution is -2.46. The largest absolute Gasteiger partial charge is 0.453 e. The van der Waals surface area contributed by atoms with Crippen molar-refractivity contribution in [2.24, 2.45) is 0 Å². The van der Waals surface area contributed by atoms with Crippen molar-refractivity contribution in [3.05, 3.63) is 53.1 Å². The number of morpholine rings is 1. The molecule has 1 saturated heterocycles. The van der Waals surface area contributed by atoms with Crippen molar-refractivity contribution in [1.82, 2.24) is 24.6 Å². The minimum absolute atomic E-state index is 0.0830. The maximum absolute atomic E-state index is 15.1. The molecule has 1 atom stereocenters. The zero-order valence-electron chi connectivity index (χ0n) is 18.4. The Morgan fingerprint density at radius 3 is 2.67 bits per heavy atom. The van der Waals surface area contributed by atoms with Crippen molar-refractivity contribution in [3.63, 3.8) is 0 Å². The number of carbonyl (C=O) groups excluding carboxylic acids is 2. The fourth-order valence-electron chi connectivity index (χ4n) is 3.91. The molecule has 9 nitrogen and oxygen atoms in total. The van der Waals surface area contributed by atoms with E-state index in [4.69, 9.17) is 9.47 Å². The van der Waals surface area contributed by atoms with Crippen molar-refractivity contribution in [2.75, 3.05) is 33.9 Å². The van der Waals surface area contributed by atoms with Crippen molar-refractivity contribution < 1.29 is 27.8 Å². The van der Waals surface area contributed by atoms with Crippen LogP contribution in [0, 0.1) is 18.6 Å². The fourth-order valence-corrected chi connectivity index (χ4v) is 3.91. The van der Waals surface area contributed by atoms with Gasteiger partial charge in [0.05, 0.1) is 43.3 Å². The first kappa shape index (κ1) is 22.6. The number of amides is 2. The molecule has 1 N–H and O–H groups in total. The molecular formula is C22H23F2N5O4. The van der Waals surface area contributed by atoms with Gasteiger partial charge in [-0.2, -0.15) is 0 Å². The molecule has 1 aliphatic rings. The molecule has 174 valence electrons. The van der Waals surface area contributed by atoms with Gasteiger partial charge < -0.3 is 19.7 Å². The summed E-state index contributed by atoms with van der Waals surface area (Å²) in [5.41, 5.74) is 1.22. The van der Waals surface area contributed by atoms with Crippen molar-refractivity contribution in [2.45, 2.75) is 19.4 Å². The van der Waals surface area contributed by atoms with Crippen molar-refractivity contribution in [1.29, 1.82) is 0 Å². The first-order valence-electron chi connectivity index (χ1n) is 10.3. The highest BCUT2D eigenvalue weighted by Gasteiger charge is 2.29. The Morgan fingerprint density at radius 1 is 1.27 bits per heavy atom. The second-order valence-electron chi connectivity index (χ2n) is 7.67. The van der Waals surface area contributed by atoms with Gasteiger partial charge in [0.2, 0.25) is 0 Å². The number of hydrogen-bond acceptors (Lipinski definition) is 6. The van der Waals surface area contributed by atoms with Crippen LogP contribution in [0.3, 0.4) is 0 Å². The zero-order valence-corrected chi connectivity index (χ0v) is 18.4. The van der Waals surface area contributed by atoms with Crippen LogP contribution in [0.4, 0.5) is 13.6 Å². The van der Waals surface area contributed by atoms with Crippen LogP contribution < -0.4 is 5.32 Å². The number of halogens is 2. The van der Waals surface area contributed by atoms with E-state index in [1.54, 1.807) is 17.4 Å². The molecule has 0 bridgehead atoms. The Labute approximate surface area is 188 Å². The Balaban J connectivity index is 1.79. The Kier molecular flexibility index (Phi) is 6.23. The topological polar surface area (TPSA) is 98.1 Å². The molecule has 33 heavy (non-hydrogen) atoms. The first-order chi connectivity index (χ1) is 15.8. The van der Waals surface area contributed by atoms with Crippen LogP contribution in [-0.2, 0) is 15.9 Å². The summed E-state index contributed by atoms with van der Waals surface area (Å²) in [7, 11) is 2.68. The summed E-state index contributed by atoms with van der Waals surface area (Å²) in [6.45, 7) is 2.71. The Hall–Kier alpha value is -3.60. The predicted molar refractivity (Wildman–Crippen MR) is 114 cm³/mol. The van der Waals surface area contributed by atoms with E-state index >= 15 is 8.78 Å². The summed E-state index contributed by atoms with van der Waals surface area (Å²) in [5.74, 6) is -2.43. The number of rotatable bonds is 4. The number of hydrogen-bond donors (Lipinski definition) is 1. The molecule has 0 radical (unpaired) electrons. The Bertz CT molecular complexity index is 1210. The van der Waals surface area contributed by atoms with E-state index in [1.807, 2.05) is 0 Å². The summed E-state index contributed by atoms with van der Waals surface area (Å²) in [4.78, 5) is 34.1. The van der Waals surface area contributed by atoms with E-state index in [9.17, 15) is 9.59 Å². The van der Waals surface area contributed by atoms with Crippen LogP contribution in [0.2, 0.25) is 0 Å². The van der Waals surface area contributed by atoms with E-state index in [1.165, 1.54) is 25.4 Å². The van der Waals surface area contributed by atoms with Gasteiger partial charge in [0.25, 0.3) is 5.91 Å². The van der Waals surface area contributed by atoms with Crippen LogP contribution in [0.1, 0.15) is 21.7 Å². The number of fused-ring (bicyclic) bond motifs is 1. The SMILES string of the molecule is CNC(=O)c1cc(F)c(-c2nc3cc(C)ncn3c2C[C@H]2CN(C(=O)OC)CCO2)c(F)c1. The molecule has 2 aromatic heterocycles. The summed E-state index contributed by atoms with van der Waals surface area (Å²) in [5, 5.41) is 2.35. The average molecular weight is 459 g/mol. The molecule has 11 heteroatoms. The van der Waals surface area contributed by atoms with Gasteiger partial charge in [-0.1, -0.05) is 0 Å². The summed E-state index contributed by atoms with van der Waals surface area (Å²) in [6.07, 6.45) is 0.826. The highest BCUT2D eigenvalue weighted by Crippen LogP contribution is 2.32. The van der Waals surface area contributed by atoms with Crippen molar-refractivity contribution >= 4 is 17.6 Å². The lowest BCUT2D eigenvalue weighted by molar-refractivity contribution is -0.0241. The zero-order chi connectivity index (χ0) is 23.7. The molecule has 1 aromatic carbocycles. The van der Waals surface area contributed by atoms with Gasteiger partial charge in [0, 0.05) is 37.3 Å². The smallest absolute Gasteiger partial charge is 0.409 e. The standard InChI is InChI=1S/C22H23F2N5O4/c1-12-6-18-27-20(19-15(23)7-13(8-16(19)24)21(30)25-2)17(29(18)11-26-12)9-14-10-28(4-5-33-14)22(31)32-3/h6-8,11,14H,4-5,9-10H2,1-3H3,(H,25,30)/t14-/m0/s1. The molecule has 3 aromatic rings. The molecule has 0 saturated carbocycles. The molecule has 3 heterocycles. The predicted octanol–water partition coefficient (Wildman–Crippen LogP) is 2.35. The van der Waals surface area contributed by atoms with Gasteiger partial charge in [-0.3, -0.25) is 9.20 Å². The highest BCUT2D eigenvalue weighted by molar-refractivity contribution is 5.94. The quantitative estimate of drug-likeness (QED) is 0.643. The third kappa shape index (κ3) is 4.36. The lowest BCUT2D eigenvalue weighted by atomic mass is 10.0. The van der Waals surface area contributed by atoms with Crippen LogP contribution in [0.25, 0.3) is 16.9 Å². The van der Waals surface area contributed by atoms with Crippen molar-refractivity contribution in [3.8, 4) is 11.3 Å². The van der Waals surface area contributed by atoms with Crippen LogP contribution in [0.5, 0.6) is 0 Å². The number of benzene rings is 1. The van der Waals surface area contributed by atoms with E-state index in [0.29, 0.717) is 30.2 Å². The first-order valence-corrected chi connectivity index (χ1v) is 10.3. The second-order valence-corrected chi connectivity index (χ2v) is 7.67. The van der Waals surface area contributed by atoms with Gasteiger partial charge in [-0.05, 0) is 19.1 Å². The summed E-state index contributed by atoms with van der Waals surface area (Å²) in [6, 6.07) is 3.65. The molecule has 0 aliphatic carbocycles. The summed E-state index contributed by atoms with van der Waals surface area (Å²) < 4.78 is 42.4. The maximum atomic E-state index is 15.1. The fraction of sp³-hybridized carbons (Fsp3) is 0.364. The second kappa shape index (κ2) is 9.10. The molecule has 4 rings (SSSR count). The molecule has 0 unspecified atom stereocenters. The molecule has 0 spiro atoms. The number of carbonyl (C=O) groups is 2. The molecular weight excluding hydrogens is 436 g/mol. The number of aryl methyl sites for hydroxylation is 1. The molecule has 2 amide bonds. The number of aromatic nitrogens is 3. The minimum atomic E-state index is -0.913. The van der Waals surface area contributed by atoms with Gasteiger partial charge in [-0.15, -0.1) is 0 Å². The Morgan fingerprint density at radius 2 is 2.00 bits per heavy atom. The van der Waals surface area contributed by atoms with Gasteiger partial charge >= 0.3 is 6.09 Å². The van der Waals surface area contributed by atoms with E-state index in [2.05, 4.69) is 15.3 Å². The average Bonchev–Trinajstić information content (AvgIpc) is 3.14. The highest BCUT2D eigenvalue weighted by atomic mass is 19.1. The van der Waals surface area contributed by atoms with Crippen LogP contribution >= 0.6 is 0 Å². The molecule has 1 aliphatic heterocycles. The monoisotopic (exact) mass is 459 g/mol. The maximum Gasteiger partial charge on any atom is 0.409 e. The van der Waals surface area contributed by atoms with Crippen LogP contribution in [-0.4, -0.2) is 71.2 Å². The minimum Gasteiger partial charge on any atom is -0.453 e. The van der Waals surface area contributed by atoms with Gasteiger partial charge in [0.15, 0.2) is 0 Å². The van der Waals surface area contributed by atoms with Gasteiger partial charge in [-0.25, -0.2) is 23.5 Å². The number of nitrogens with zero attached hydrogens (tertiary/aromatic N) is 4. The lowest BCUT2D eigenvalue weighted by Gasteiger charge is -2.32. The third-order valence-electron chi connectivity index (χ3n) is 5.51. The number of imidazole rings is 1. The molecule has 1 fully saturated rings. The van der Waals surface area contributed by atoms with Gasteiger partial charge in [0.1, 0.15) is 23.6 Å². The van der Waals surface area contributed by atoms with E-state index in [-0.39, 0.29) is 29.8 Å². The number of nitrogens with one attached hydrogen (secondary N) is 1. The third-order valence-corrected chi connectivity index (χ3v) is 5.51. The van der Waals surface area contributed by atoms with E-state index < -0.39 is 29.7 Å². The van der Waals surface area contributed by atoms with E-state index in [0.717, 1.165) is 12.1 Å². The number of methoxy groups -OCH3 is 1. The number of ether oxygens (including phenoxy) is 2.